The second-order valence-electron chi connectivity index (χ2n) is 8.63. The number of benzene rings is 2. The van der Waals surface area contributed by atoms with Crippen molar-refractivity contribution in [2.75, 3.05) is 18.0 Å². The number of carboxylic acid groups (broad SMARTS) is 2. The molecule has 1 aromatic heterocycles. The maximum atomic E-state index is 14.6. The van der Waals surface area contributed by atoms with Crippen LogP contribution in [0.15, 0.2) is 54.7 Å². The first-order valence-corrected chi connectivity index (χ1v) is 12.3. The van der Waals surface area contributed by atoms with Gasteiger partial charge in [-0.3, -0.25) is 19.6 Å². The van der Waals surface area contributed by atoms with Crippen LogP contribution in [0.5, 0.6) is 0 Å². The number of carbonyl (C=O) groups is 3. The number of hydrogen-bond acceptors (Lipinski definition) is 9. The van der Waals surface area contributed by atoms with Crippen LogP contribution < -0.4 is 16.1 Å². The zero-order valence-corrected chi connectivity index (χ0v) is 22.1. The Labute approximate surface area is 240 Å². The van der Waals surface area contributed by atoms with Gasteiger partial charge < -0.3 is 20.8 Å². The molecule has 1 aliphatic heterocycles. The van der Waals surface area contributed by atoms with Gasteiger partial charge in [0.1, 0.15) is 29.3 Å². The normalized spacial score (nSPS) is 12.5. The smallest absolute Gasteiger partial charge is 0.290 e. The number of aromatic nitrogens is 1. The van der Waals surface area contributed by atoms with Gasteiger partial charge in [-0.15, -0.1) is 0 Å². The van der Waals surface area contributed by atoms with E-state index >= 15 is 0 Å². The molecule has 1 amide bonds. The minimum absolute atomic E-state index is 0.0823. The summed E-state index contributed by atoms with van der Waals surface area (Å²) in [4.78, 5) is 34.6. The monoisotopic (exact) mass is 574 g/mol. The Kier molecular flexibility index (Phi) is 12.8. The van der Waals surface area contributed by atoms with E-state index in [4.69, 9.17) is 36.0 Å². The average molecular weight is 575 g/mol. The summed E-state index contributed by atoms with van der Waals surface area (Å²) in [5.41, 5.74) is 10.9. The zero-order chi connectivity index (χ0) is 31.1. The highest BCUT2D eigenvalue weighted by Gasteiger charge is 2.25. The molecule has 0 saturated carbocycles. The number of nitrogens with zero attached hydrogens (tertiary/aromatic N) is 4. The molecule has 216 valence electrons. The molecule has 0 spiro atoms. The molecule has 0 unspecified atom stereocenters. The molecular weight excluding hydrogens is 547 g/mol. The van der Waals surface area contributed by atoms with E-state index in [-0.39, 0.29) is 24.5 Å². The Balaban J connectivity index is 0.000000946. The lowest BCUT2D eigenvalue weighted by molar-refractivity contribution is -0.124. The minimum atomic E-state index is -0.671. The van der Waals surface area contributed by atoms with Crippen molar-refractivity contribution in [3.63, 3.8) is 0 Å². The zero-order valence-electron chi connectivity index (χ0n) is 22.1. The van der Waals surface area contributed by atoms with E-state index in [1.165, 1.54) is 29.8 Å². The van der Waals surface area contributed by atoms with E-state index in [1.54, 1.807) is 36.5 Å². The number of amides is 1. The first-order chi connectivity index (χ1) is 20.3. The summed E-state index contributed by atoms with van der Waals surface area (Å²) in [6.45, 7) is 0.817. The third-order valence-electron chi connectivity index (χ3n) is 6.15. The summed E-state index contributed by atoms with van der Waals surface area (Å²) in [7, 11) is 0. The molecule has 0 atom stereocenters. The van der Waals surface area contributed by atoms with Crippen LogP contribution in [0, 0.1) is 28.5 Å². The van der Waals surface area contributed by atoms with Crippen molar-refractivity contribution in [2.24, 2.45) is 5.73 Å². The van der Waals surface area contributed by atoms with Gasteiger partial charge in [-0.25, -0.2) is 14.9 Å². The van der Waals surface area contributed by atoms with E-state index in [2.05, 4.69) is 11.1 Å². The lowest BCUT2D eigenvalue weighted by Crippen LogP contribution is -2.40. The fourth-order valence-corrected chi connectivity index (χ4v) is 4.22. The summed E-state index contributed by atoms with van der Waals surface area (Å²) >= 11 is 0. The van der Waals surface area contributed by atoms with Crippen molar-refractivity contribution in [3.8, 4) is 34.4 Å². The molecule has 1 fully saturated rings. The van der Waals surface area contributed by atoms with Gasteiger partial charge in [0.05, 0.1) is 5.56 Å². The fourth-order valence-electron chi connectivity index (χ4n) is 4.22. The highest BCUT2D eigenvalue weighted by Crippen LogP contribution is 2.39. The number of hydrogen-bond donors (Lipinski definition) is 5. The molecule has 12 nitrogen and oxygen atoms in total. The summed E-state index contributed by atoms with van der Waals surface area (Å²) in [6.07, 6.45) is 5.95. The predicted octanol–water partition coefficient (Wildman–Crippen LogP) is 3.15. The molecule has 2 heterocycles. The molecule has 2 aromatic carbocycles. The van der Waals surface area contributed by atoms with Crippen molar-refractivity contribution in [3.05, 3.63) is 77.2 Å². The van der Waals surface area contributed by atoms with Crippen LogP contribution >= 0.6 is 0 Å². The Morgan fingerprint density at radius 1 is 1.05 bits per heavy atom. The number of rotatable bonds is 5. The van der Waals surface area contributed by atoms with Crippen molar-refractivity contribution < 1.29 is 34.2 Å². The lowest BCUT2D eigenvalue weighted by Gasteiger charge is -2.32. The summed E-state index contributed by atoms with van der Waals surface area (Å²) in [5, 5.41) is 41.8. The molecule has 13 heteroatoms. The maximum Gasteiger partial charge on any atom is 0.290 e. The number of nitrogens with one attached hydrogen (secondary N) is 1. The second-order valence-corrected chi connectivity index (χ2v) is 8.63. The Bertz CT molecular complexity index is 1500. The number of halogens is 1. The van der Waals surface area contributed by atoms with Crippen LogP contribution in [0.1, 0.15) is 29.5 Å². The Hall–Kier alpha value is -5.63. The van der Waals surface area contributed by atoms with Crippen LogP contribution in [0.3, 0.4) is 0 Å². The standard InChI is InChI=1S/C27H23FN6O2.2CH2O2/c28-24-13-19(6-7-20(24)14-29)26-22(15-30)27(34-11-9-21(31)10-12-34)32-16-23(26)18-4-1-17(2-5-18)3-8-25(35)33-36;2*2-1-3/h1-8,13,16,21,36H,9-12,31H2,(H,33,35);2*1H,(H,2,3)/b8-3+;;. The highest BCUT2D eigenvalue weighted by atomic mass is 19.1. The number of carbonyl (C=O) groups excluding carboxylic acids is 1. The van der Waals surface area contributed by atoms with Gasteiger partial charge in [0.25, 0.3) is 18.9 Å². The van der Waals surface area contributed by atoms with Crippen LogP contribution in [0.4, 0.5) is 10.2 Å². The van der Waals surface area contributed by atoms with E-state index in [1.807, 2.05) is 11.0 Å². The number of anilines is 1. The SMILES string of the molecule is N#Cc1ccc(-c2c(-c3ccc(/C=C/C(=O)NO)cc3)cnc(N3CCC(N)CC3)c2C#N)cc1F.O=CO.O=CO. The molecule has 42 heavy (non-hydrogen) atoms. The number of nitriles is 2. The first-order valence-electron chi connectivity index (χ1n) is 12.3. The third kappa shape index (κ3) is 8.43. The van der Waals surface area contributed by atoms with Gasteiger partial charge >= 0.3 is 0 Å². The van der Waals surface area contributed by atoms with Gasteiger partial charge in [0.15, 0.2) is 0 Å². The predicted molar refractivity (Wildman–Crippen MR) is 150 cm³/mol. The number of pyridine rings is 1. The van der Waals surface area contributed by atoms with Crippen LogP contribution in [0.25, 0.3) is 28.3 Å². The molecule has 0 aliphatic carbocycles. The molecular formula is C29H27FN6O6. The van der Waals surface area contributed by atoms with Gasteiger partial charge in [-0.2, -0.15) is 10.5 Å². The van der Waals surface area contributed by atoms with Crippen LogP contribution in [-0.4, -0.2) is 58.4 Å². The Morgan fingerprint density at radius 3 is 2.17 bits per heavy atom. The van der Waals surface area contributed by atoms with Crippen LogP contribution in [-0.2, 0) is 14.4 Å². The second kappa shape index (κ2) is 16.5. The van der Waals surface area contributed by atoms with Gasteiger partial charge in [0, 0.05) is 42.5 Å². The molecule has 1 aliphatic rings. The molecule has 3 aromatic rings. The average Bonchev–Trinajstić information content (AvgIpc) is 3.00. The molecule has 0 bridgehead atoms. The van der Waals surface area contributed by atoms with Crippen molar-refractivity contribution >= 4 is 30.7 Å². The van der Waals surface area contributed by atoms with Crippen molar-refractivity contribution in [1.29, 1.82) is 10.5 Å². The van der Waals surface area contributed by atoms with E-state index < -0.39 is 11.7 Å². The first kappa shape index (κ1) is 32.6. The largest absolute Gasteiger partial charge is 0.483 e. The van der Waals surface area contributed by atoms with E-state index in [0.29, 0.717) is 46.7 Å². The van der Waals surface area contributed by atoms with Crippen molar-refractivity contribution in [1.82, 2.24) is 10.5 Å². The fraction of sp³-hybridized carbons (Fsp3) is 0.172. The van der Waals surface area contributed by atoms with Crippen LogP contribution in [0.2, 0.25) is 0 Å². The van der Waals surface area contributed by atoms with Gasteiger partial charge in [-0.05, 0) is 47.7 Å². The maximum absolute atomic E-state index is 14.6. The van der Waals surface area contributed by atoms with Crippen molar-refractivity contribution in [2.45, 2.75) is 18.9 Å². The quantitative estimate of drug-likeness (QED) is 0.129. The molecule has 6 N–H and O–H groups in total. The summed E-state index contributed by atoms with van der Waals surface area (Å²) in [5.74, 6) is -0.807. The topological polar surface area (TPSA) is 214 Å². The van der Waals surface area contributed by atoms with Gasteiger partial charge in [-0.1, -0.05) is 30.3 Å². The van der Waals surface area contributed by atoms with Gasteiger partial charge in [0.2, 0.25) is 0 Å². The lowest BCUT2D eigenvalue weighted by atomic mass is 9.91. The van der Waals surface area contributed by atoms with E-state index in [0.717, 1.165) is 18.4 Å². The summed E-state index contributed by atoms with van der Waals surface area (Å²) in [6, 6.07) is 15.6. The van der Waals surface area contributed by atoms with E-state index in [9.17, 15) is 14.4 Å². The number of piperidine rings is 1. The molecule has 4 rings (SSSR count). The molecule has 0 radical (unpaired) electrons. The molecule has 1 saturated heterocycles. The third-order valence-corrected chi connectivity index (χ3v) is 6.15. The minimum Gasteiger partial charge on any atom is -0.483 e. The summed E-state index contributed by atoms with van der Waals surface area (Å²) < 4.78 is 14.6. The Morgan fingerprint density at radius 2 is 1.64 bits per heavy atom. The number of nitrogens with two attached hydrogens (primary N) is 1. The highest BCUT2D eigenvalue weighted by molar-refractivity contribution is 5.92. The number of hydroxylamine groups is 1.